The highest BCUT2D eigenvalue weighted by molar-refractivity contribution is 5.82. The van der Waals surface area contributed by atoms with Gasteiger partial charge in [-0.15, -0.1) is 0 Å². The zero-order valence-corrected chi connectivity index (χ0v) is 11.7. The fourth-order valence-corrected chi connectivity index (χ4v) is 3.33. The molecule has 110 valence electrons. The Kier molecular flexibility index (Phi) is 4.32. The number of fused-ring (bicyclic) bond motifs is 1. The van der Waals surface area contributed by atoms with Crippen molar-refractivity contribution in [2.45, 2.75) is 50.6 Å². The molecule has 0 radical (unpaired) electrons. The summed E-state index contributed by atoms with van der Waals surface area (Å²) in [5.74, 6) is 0.552. The Morgan fingerprint density at radius 3 is 3.05 bits per heavy atom. The number of imidazole rings is 1. The number of H-pyrrole nitrogens is 1. The van der Waals surface area contributed by atoms with Crippen molar-refractivity contribution < 1.29 is 4.79 Å². The van der Waals surface area contributed by atoms with E-state index in [0.29, 0.717) is 18.5 Å². The van der Waals surface area contributed by atoms with Crippen LogP contribution in [0.5, 0.6) is 0 Å². The number of hydrazine groups is 1. The number of amides is 1. The first-order chi connectivity index (χ1) is 9.84. The quantitative estimate of drug-likeness (QED) is 0.646. The molecule has 3 rings (SSSR count). The van der Waals surface area contributed by atoms with Crippen molar-refractivity contribution in [1.82, 2.24) is 26.1 Å². The molecule has 0 aromatic carbocycles. The third kappa shape index (κ3) is 3.02. The normalized spacial score (nSPS) is 29.7. The van der Waals surface area contributed by atoms with E-state index >= 15 is 0 Å². The molecule has 20 heavy (non-hydrogen) atoms. The number of nitrogens with one attached hydrogen (secondary N) is 4. The van der Waals surface area contributed by atoms with E-state index in [9.17, 15) is 4.79 Å². The fourth-order valence-electron chi connectivity index (χ4n) is 3.33. The van der Waals surface area contributed by atoms with E-state index < -0.39 is 0 Å². The minimum atomic E-state index is -0.0835. The average molecular weight is 277 g/mol. The Morgan fingerprint density at radius 2 is 2.20 bits per heavy atom. The minimum absolute atomic E-state index is 0.0835. The molecule has 0 spiro atoms. The Labute approximate surface area is 119 Å². The van der Waals surface area contributed by atoms with Gasteiger partial charge in [0.05, 0.1) is 6.33 Å². The van der Waals surface area contributed by atoms with Crippen LogP contribution < -0.4 is 16.2 Å². The summed E-state index contributed by atoms with van der Waals surface area (Å²) in [6.07, 6.45) is 10.4. The summed E-state index contributed by atoms with van der Waals surface area (Å²) in [7, 11) is 0. The van der Waals surface area contributed by atoms with Gasteiger partial charge >= 0.3 is 0 Å². The van der Waals surface area contributed by atoms with Crippen LogP contribution in [0, 0.1) is 5.92 Å². The van der Waals surface area contributed by atoms with Crippen molar-refractivity contribution in [3.05, 3.63) is 18.2 Å². The molecular weight excluding hydrogens is 254 g/mol. The minimum Gasteiger partial charge on any atom is -0.354 e. The monoisotopic (exact) mass is 277 g/mol. The fraction of sp³-hybridized carbons (Fsp3) is 0.714. The van der Waals surface area contributed by atoms with E-state index in [4.69, 9.17) is 0 Å². The maximum atomic E-state index is 12.3. The number of carbonyl (C=O) groups excluding carboxylic acids is 1. The van der Waals surface area contributed by atoms with Gasteiger partial charge in [-0.05, 0) is 12.8 Å². The summed E-state index contributed by atoms with van der Waals surface area (Å²) in [4.78, 5) is 19.3. The molecule has 1 amide bonds. The van der Waals surface area contributed by atoms with Gasteiger partial charge in [0.1, 0.15) is 6.04 Å². The number of hydrogen-bond donors (Lipinski definition) is 4. The number of carbonyl (C=O) groups is 1. The highest BCUT2D eigenvalue weighted by atomic mass is 16.2. The van der Waals surface area contributed by atoms with E-state index in [1.165, 1.54) is 25.7 Å². The van der Waals surface area contributed by atoms with Crippen molar-refractivity contribution in [2.75, 3.05) is 6.54 Å². The summed E-state index contributed by atoms with van der Waals surface area (Å²) in [5, 5.41) is 3.03. The van der Waals surface area contributed by atoms with Crippen molar-refractivity contribution in [1.29, 1.82) is 0 Å². The van der Waals surface area contributed by atoms with Crippen LogP contribution in [0.2, 0.25) is 0 Å². The van der Waals surface area contributed by atoms with E-state index in [1.54, 1.807) is 12.5 Å². The molecule has 6 nitrogen and oxygen atoms in total. The smallest absolute Gasteiger partial charge is 0.238 e. The molecule has 4 N–H and O–H groups in total. The third-order valence-corrected chi connectivity index (χ3v) is 4.45. The molecule has 3 atom stereocenters. The van der Waals surface area contributed by atoms with Crippen LogP contribution in [-0.4, -0.2) is 34.5 Å². The molecule has 2 aliphatic rings. The Bertz CT molecular complexity index is 433. The second-order valence-corrected chi connectivity index (χ2v) is 5.79. The first-order valence-electron chi connectivity index (χ1n) is 7.60. The molecule has 1 aromatic rings. The Hall–Kier alpha value is -1.40. The Balaban J connectivity index is 1.49. The van der Waals surface area contributed by atoms with Crippen LogP contribution in [0.1, 0.15) is 37.8 Å². The van der Waals surface area contributed by atoms with Gasteiger partial charge in [0, 0.05) is 36.8 Å². The maximum Gasteiger partial charge on any atom is 0.238 e. The van der Waals surface area contributed by atoms with Crippen LogP contribution in [0.15, 0.2) is 12.5 Å². The van der Waals surface area contributed by atoms with Gasteiger partial charge in [-0.1, -0.05) is 19.3 Å². The number of aromatic amines is 1. The van der Waals surface area contributed by atoms with E-state index in [1.807, 2.05) is 0 Å². The lowest BCUT2D eigenvalue weighted by Gasteiger charge is -2.19. The molecule has 2 heterocycles. The van der Waals surface area contributed by atoms with Crippen molar-refractivity contribution in [3.63, 3.8) is 0 Å². The molecule has 1 aromatic heterocycles. The van der Waals surface area contributed by atoms with Gasteiger partial charge < -0.3 is 10.3 Å². The summed E-state index contributed by atoms with van der Waals surface area (Å²) in [5.41, 5.74) is 7.55. The van der Waals surface area contributed by atoms with Gasteiger partial charge in [0.25, 0.3) is 0 Å². The largest absolute Gasteiger partial charge is 0.354 e. The predicted octanol–water partition coefficient (Wildman–Crippen LogP) is 0.494. The predicted molar refractivity (Wildman–Crippen MR) is 75.7 cm³/mol. The average Bonchev–Trinajstić information content (AvgIpc) is 3.04. The van der Waals surface area contributed by atoms with Crippen molar-refractivity contribution in [2.24, 2.45) is 5.92 Å². The highest BCUT2D eigenvalue weighted by Crippen LogP contribution is 2.29. The number of nitrogens with zero attached hydrogens (tertiary/aromatic N) is 1. The lowest BCUT2D eigenvalue weighted by Crippen LogP contribution is -2.46. The molecule has 1 saturated carbocycles. The lowest BCUT2D eigenvalue weighted by atomic mass is 9.90. The number of aromatic nitrogens is 2. The van der Waals surface area contributed by atoms with Crippen molar-refractivity contribution in [3.8, 4) is 0 Å². The van der Waals surface area contributed by atoms with E-state index in [0.717, 1.165) is 18.5 Å². The van der Waals surface area contributed by atoms with Gasteiger partial charge in [0.15, 0.2) is 0 Å². The zero-order chi connectivity index (χ0) is 13.8. The first-order valence-corrected chi connectivity index (χ1v) is 7.60. The molecular formula is C14H23N5O. The summed E-state index contributed by atoms with van der Waals surface area (Å²) < 4.78 is 0. The highest BCUT2D eigenvalue weighted by Gasteiger charge is 2.39. The Morgan fingerprint density at radius 1 is 1.30 bits per heavy atom. The van der Waals surface area contributed by atoms with Crippen molar-refractivity contribution >= 4 is 5.91 Å². The summed E-state index contributed by atoms with van der Waals surface area (Å²) >= 11 is 0. The molecule has 3 unspecified atom stereocenters. The molecule has 0 bridgehead atoms. The maximum absolute atomic E-state index is 12.3. The molecule has 6 heteroatoms. The van der Waals surface area contributed by atoms with Crippen LogP contribution in [0.25, 0.3) is 0 Å². The van der Waals surface area contributed by atoms with Crippen LogP contribution in [0.3, 0.4) is 0 Å². The summed E-state index contributed by atoms with van der Waals surface area (Å²) in [6, 6.07) is 0.376. The van der Waals surface area contributed by atoms with Crippen LogP contribution in [0.4, 0.5) is 0 Å². The van der Waals surface area contributed by atoms with Gasteiger partial charge in [0.2, 0.25) is 5.91 Å². The van der Waals surface area contributed by atoms with E-state index in [-0.39, 0.29) is 11.9 Å². The number of hydrogen-bond acceptors (Lipinski definition) is 4. The molecule has 1 aliphatic heterocycles. The van der Waals surface area contributed by atoms with Crippen LogP contribution >= 0.6 is 0 Å². The second-order valence-electron chi connectivity index (χ2n) is 5.79. The lowest BCUT2D eigenvalue weighted by molar-refractivity contribution is -0.123. The van der Waals surface area contributed by atoms with E-state index in [2.05, 4.69) is 26.1 Å². The second kappa shape index (κ2) is 6.37. The van der Waals surface area contributed by atoms with Gasteiger partial charge in [-0.3, -0.25) is 10.2 Å². The summed E-state index contributed by atoms with van der Waals surface area (Å²) in [6.45, 7) is 0.649. The van der Waals surface area contributed by atoms with Gasteiger partial charge in [-0.2, -0.15) is 0 Å². The molecule has 1 aliphatic carbocycles. The van der Waals surface area contributed by atoms with Gasteiger partial charge in [-0.25, -0.2) is 10.4 Å². The topological polar surface area (TPSA) is 81.8 Å². The number of rotatable bonds is 4. The standard InChI is InChI=1S/C14H23N5O/c20-14(16-7-6-10-8-15-9-17-10)13-11-4-2-1-3-5-12(11)18-19-13/h8-9,11-13,18-19H,1-7H2,(H,15,17)(H,16,20). The SMILES string of the molecule is O=C(NCCc1cnc[nH]1)C1NNC2CCCCCC21. The van der Waals surface area contributed by atoms with Crippen LogP contribution in [-0.2, 0) is 11.2 Å². The first kappa shape index (κ1) is 13.6. The zero-order valence-electron chi connectivity index (χ0n) is 11.7. The molecule has 1 saturated heterocycles. The molecule has 2 fully saturated rings. The third-order valence-electron chi connectivity index (χ3n) is 4.45.